The maximum absolute atomic E-state index is 12.3. The fourth-order valence-electron chi connectivity index (χ4n) is 1.22. The molecule has 0 aliphatic heterocycles. The summed E-state index contributed by atoms with van der Waals surface area (Å²) in [6.07, 6.45) is -7.94. The Labute approximate surface area is 91.0 Å². The highest BCUT2D eigenvalue weighted by atomic mass is 19.4. The molecule has 0 bridgehead atoms. The Kier molecular flexibility index (Phi) is 4.75. The fourth-order valence-corrected chi connectivity index (χ4v) is 1.22. The number of halogens is 3. The van der Waals surface area contributed by atoms with Crippen LogP contribution in [0.15, 0.2) is 0 Å². The van der Waals surface area contributed by atoms with Gasteiger partial charge in [-0.2, -0.15) is 13.2 Å². The van der Waals surface area contributed by atoms with Crippen LogP contribution in [0, 0.1) is 5.92 Å². The third kappa shape index (κ3) is 3.97. The van der Waals surface area contributed by atoms with Crippen molar-refractivity contribution in [2.45, 2.75) is 38.7 Å². The predicted molar refractivity (Wildman–Crippen MR) is 48.5 cm³/mol. The molecule has 2 N–H and O–H groups in total. The van der Waals surface area contributed by atoms with Gasteiger partial charge in [0.25, 0.3) is 0 Å². The van der Waals surface area contributed by atoms with E-state index in [9.17, 15) is 23.1 Å². The minimum atomic E-state index is -4.99. The van der Waals surface area contributed by atoms with Gasteiger partial charge in [-0.3, -0.25) is 4.79 Å². The maximum Gasteiger partial charge on any atom is 0.415 e. The lowest BCUT2D eigenvalue weighted by Crippen LogP contribution is -2.51. The van der Waals surface area contributed by atoms with Crippen LogP contribution in [0.25, 0.3) is 0 Å². The highest BCUT2D eigenvalue weighted by molar-refractivity contribution is 5.74. The summed E-state index contributed by atoms with van der Waals surface area (Å²) in [4.78, 5) is 11.2. The molecular formula is C9H15F3O4. The van der Waals surface area contributed by atoms with E-state index in [0.29, 0.717) is 0 Å². The first-order valence-corrected chi connectivity index (χ1v) is 4.65. The topological polar surface area (TPSA) is 66.8 Å². The average Bonchev–Trinajstić information content (AvgIpc) is 1.99. The summed E-state index contributed by atoms with van der Waals surface area (Å²) < 4.78 is 41.2. The van der Waals surface area contributed by atoms with Crippen LogP contribution in [-0.2, 0) is 9.53 Å². The molecule has 4 nitrogen and oxygen atoms in total. The first kappa shape index (κ1) is 15.2. The summed E-state index contributed by atoms with van der Waals surface area (Å²) in [6.45, 7) is 3.29. The van der Waals surface area contributed by atoms with Gasteiger partial charge in [0, 0.05) is 0 Å². The van der Waals surface area contributed by atoms with Crippen molar-refractivity contribution in [1.29, 1.82) is 0 Å². The Morgan fingerprint density at radius 1 is 1.38 bits per heavy atom. The fraction of sp³-hybridized carbons (Fsp3) is 0.889. The molecule has 0 aromatic heterocycles. The molecule has 0 aromatic carbocycles. The number of aliphatic hydroxyl groups excluding tert-OH is 1. The zero-order valence-corrected chi connectivity index (χ0v) is 9.21. The smallest absolute Gasteiger partial charge is 0.415 e. The Morgan fingerprint density at radius 2 is 1.81 bits per heavy atom. The normalized spacial score (nSPS) is 16.8. The SMILES string of the molecule is CCOC(=O)C(C(O)C(F)(F)F)C(C)(C)O. The average molecular weight is 244 g/mol. The number of hydrogen-bond donors (Lipinski definition) is 2. The van der Waals surface area contributed by atoms with Gasteiger partial charge in [0.2, 0.25) is 0 Å². The van der Waals surface area contributed by atoms with Gasteiger partial charge in [-0.05, 0) is 20.8 Å². The van der Waals surface area contributed by atoms with E-state index >= 15 is 0 Å². The zero-order chi connectivity index (χ0) is 13.1. The summed E-state index contributed by atoms with van der Waals surface area (Å²) in [5, 5.41) is 18.4. The lowest BCUT2D eigenvalue weighted by molar-refractivity contribution is -0.240. The molecule has 0 spiro atoms. The number of rotatable bonds is 4. The second-order valence-corrected chi connectivity index (χ2v) is 3.87. The van der Waals surface area contributed by atoms with Gasteiger partial charge in [0.05, 0.1) is 12.2 Å². The van der Waals surface area contributed by atoms with Gasteiger partial charge in [0.15, 0.2) is 6.10 Å². The molecule has 96 valence electrons. The number of ether oxygens (including phenoxy) is 1. The summed E-state index contributed by atoms with van der Waals surface area (Å²) in [7, 11) is 0. The van der Waals surface area contributed by atoms with Crippen molar-refractivity contribution in [3.63, 3.8) is 0 Å². The van der Waals surface area contributed by atoms with E-state index in [4.69, 9.17) is 5.11 Å². The van der Waals surface area contributed by atoms with Crippen LogP contribution in [0.1, 0.15) is 20.8 Å². The molecule has 0 saturated heterocycles. The molecule has 0 amide bonds. The van der Waals surface area contributed by atoms with Crippen LogP contribution in [0.5, 0.6) is 0 Å². The van der Waals surface area contributed by atoms with Crippen molar-refractivity contribution in [1.82, 2.24) is 0 Å². The number of alkyl halides is 3. The van der Waals surface area contributed by atoms with Crippen molar-refractivity contribution in [2.75, 3.05) is 6.61 Å². The third-order valence-corrected chi connectivity index (χ3v) is 1.95. The standard InChI is InChI=1S/C9H15F3O4/c1-4-16-7(14)5(8(2,3)15)6(13)9(10,11)12/h5-6,13,15H,4H2,1-3H3. The quantitative estimate of drug-likeness (QED) is 0.720. The van der Waals surface area contributed by atoms with Gasteiger partial charge in [-0.15, -0.1) is 0 Å². The van der Waals surface area contributed by atoms with E-state index in [2.05, 4.69) is 4.74 Å². The second kappa shape index (κ2) is 5.01. The van der Waals surface area contributed by atoms with Crippen LogP contribution in [0.4, 0.5) is 13.2 Å². The monoisotopic (exact) mass is 244 g/mol. The molecular weight excluding hydrogens is 229 g/mol. The Hall–Kier alpha value is -0.820. The highest BCUT2D eigenvalue weighted by Gasteiger charge is 2.52. The predicted octanol–water partition coefficient (Wildman–Crippen LogP) is 0.860. The van der Waals surface area contributed by atoms with Crippen LogP contribution in [-0.4, -0.2) is 40.7 Å². The van der Waals surface area contributed by atoms with Crippen LogP contribution >= 0.6 is 0 Å². The molecule has 2 atom stereocenters. The van der Waals surface area contributed by atoms with E-state index < -0.39 is 29.8 Å². The molecule has 0 radical (unpaired) electrons. The van der Waals surface area contributed by atoms with Crippen molar-refractivity contribution < 1.29 is 32.9 Å². The van der Waals surface area contributed by atoms with E-state index in [-0.39, 0.29) is 6.61 Å². The molecule has 0 fully saturated rings. The Bertz CT molecular complexity index is 244. The molecule has 0 heterocycles. The van der Waals surface area contributed by atoms with Crippen LogP contribution in [0.2, 0.25) is 0 Å². The molecule has 0 aliphatic rings. The van der Waals surface area contributed by atoms with E-state index in [1.165, 1.54) is 6.92 Å². The number of esters is 1. The minimum absolute atomic E-state index is 0.129. The van der Waals surface area contributed by atoms with Gasteiger partial charge < -0.3 is 14.9 Å². The first-order chi connectivity index (χ1) is 7.01. The number of hydrogen-bond acceptors (Lipinski definition) is 4. The second-order valence-electron chi connectivity index (χ2n) is 3.87. The van der Waals surface area contributed by atoms with Crippen molar-refractivity contribution >= 4 is 5.97 Å². The molecule has 0 saturated carbocycles. The number of aliphatic hydroxyl groups is 2. The van der Waals surface area contributed by atoms with Gasteiger partial charge in [0.1, 0.15) is 5.92 Å². The van der Waals surface area contributed by atoms with Gasteiger partial charge in [-0.1, -0.05) is 0 Å². The number of carbonyl (C=O) groups excluding carboxylic acids is 1. The van der Waals surface area contributed by atoms with Crippen LogP contribution in [0.3, 0.4) is 0 Å². The molecule has 0 rings (SSSR count). The summed E-state index contributed by atoms with van der Waals surface area (Å²) in [6, 6.07) is 0. The van der Waals surface area contributed by atoms with E-state index in [0.717, 1.165) is 13.8 Å². The lowest BCUT2D eigenvalue weighted by Gasteiger charge is -2.31. The zero-order valence-electron chi connectivity index (χ0n) is 9.21. The molecule has 16 heavy (non-hydrogen) atoms. The summed E-state index contributed by atoms with van der Waals surface area (Å²) >= 11 is 0. The number of carbonyl (C=O) groups is 1. The van der Waals surface area contributed by atoms with E-state index in [1.807, 2.05) is 0 Å². The van der Waals surface area contributed by atoms with Crippen molar-refractivity contribution in [2.24, 2.45) is 5.92 Å². The summed E-state index contributed by atoms with van der Waals surface area (Å²) in [5.74, 6) is -3.34. The Balaban J connectivity index is 5.04. The van der Waals surface area contributed by atoms with Crippen molar-refractivity contribution in [3.8, 4) is 0 Å². The van der Waals surface area contributed by atoms with E-state index in [1.54, 1.807) is 0 Å². The maximum atomic E-state index is 12.3. The molecule has 0 aliphatic carbocycles. The molecule has 0 aromatic rings. The summed E-state index contributed by atoms with van der Waals surface area (Å²) in [5.41, 5.74) is -2.03. The Morgan fingerprint density at radius 3 is 2.06 bits per heavy atom. The first-order valence-electron chi connectivity index (χ1n) is 4.65. The largest absolute Gasteiger partial charge is 0.466 e. The molecule has 2 unspecified atom stereocenters. The third-order valence-electron chi connectivity index (χ3n) is 1.95. The highest BCUT2D eigenvalue weighted by Crippen LogP contribution is 2.32. The van der Waals surface area contributed by atoms with Crippen molar-refractivity contribution in [3.05, 3.63) is 0 Å². The van der Waals surface area contributed by atoms with Gasteiger partial charge in [-0.25, -0.2) is 0 Å². The van der Waals surface area contributed by atoms with Gasteiger partial charge >= 0.3 is 12.1 Å². The molecule has 7 heteroatoms. The van der Waals surface area contributed by atoms with Crippen LogP contribution < -0.4 is 0 Å². The minimum Gasteiger partial charge on any atom is -0.466 e. The lowest BCUT2D eigenvalue weighted by atomic mass is 9.86.